The SMILES string of the molecule is CCCCc1nc2cc(F)ccc2n1Cc1ccccc1OCc1ccc(CCC=O)cc1. The number of halogens is 1. The normalized spacial score (nSPS) is 11.1. The second-order valence-corrected chi connectivity index (χ2v) is 8.27. The third-order valence-electron chi connectivity index (χ3n) is 5.81. The van der Waals surface area contributed by atoms with E-state index < -0.39 is 0 Å². The van der Waals surface area contributed by atoms with E-state index in [1.165, 1.54) is 12.1 Å². The molecule has 4 aromatic rings. The van der Waals surface area contributed by atoms with Crippen molar-refractivity contribution in [2.24, 2.45) is 0 Å². The molecular formula is C28H29FN2O2. The van der Waals surface area contributed by atoms with Crippen molar-refractivity contribution in [1.82, 2.24) is 9.55 Å². The number of rotatable bonds is 11. The Morgan fingerprint density at radius 3 is 2.58 bits per heavy atom. The summed E-state index contributed by atoms with van der Waals surface area (Å²) in [5.41, 5.74) is 4.90. The number of imidazole rings is 1. The Labute approximate surface area is 194 Å². The fourth-order valence-electron chi connectivity index (χ4n) is 3.99. The number of hydrogen-bond donors (Lipinski definition) is 0. The first-order valence-corrected chi connectivity index (χ1v) is 11.5. The van der Waals surface area contributed by atoms with E-state index in [1.54, 1.807) is 0 Å². The van der Waals surface area contributed by atoms with Gasteiger partial charge in [0, 0.05) is 24.5 Å². The number of hydrogen-bond acceptors (Lipinski definition) is 3. The van der Waals surface area contributed by atoms with Crippen LogP contribution in [-0.2, 0) is 30.8 Å². The zero-order valence-electron chi connectivity index (χ0n) is 19.0. The summed E-state index contributed by atoms with van der Waals surface area (Å²) < 4.78 is 22.2. The number of nitrogens with zero attached hydrogens (tertiary/aromatic N) is 2. The van der Waals surface area contributed by atoms with Crippen molar-refractivity contribution in [3.8, 4) is 5.75 Å². The Morgan fingerprint density at radius 2 is 1.79 bits per heavy atom. The number of ether oxygens (including phenoxy) is 1. The summed E-state index contributed by atoms with van der Waals surface area (Å²) in [6, 6.07) is 21.0. The molecule has 0 aliphatic carbocycles. The molecule has 0 unspecified atom stereocenters. The molecule has 0 fully saturated rings. The topological polar surface area (TPSA) is 44.1 Å². The molecule has 0 N–H and O–H groups in total. The smallest absolute Gasteiger partial charge is 0.125 e. The van der Waals surface area contributed by atoms with E-state index in [1.807, 2.05) is 48.5 Å². The summed E-state index contributed by atoms with van der Waals surface area (Å²) in [6.45, 7) is 3.23. The van der Waals surface area contributed by atoms with E-state index >= 15 is 0 Å². The Hall–Kier alpha value is -3.47. The van der Waals surface area contributed by atoms with Gasteiger partial charge in [0.15, 0.2) is 0 Å². The van der Waals surface area contributed by atoms with Crippen molar-refractivity contribution < 1.29 is 13.9 Å². The van der Waals surface area contributed by atoms with Crippen molar-refractivity contribution in [3.63, 3.8) is 0 Å². The lowest BCUT2D eigenvalue weighted by molar-refractivity contribution is -0.107. The predicted octanol–water partition coefficient (Wildman–Crippen LogP) is 6.28. The molecule has 3 aromatic carbocycles. The van der Waals surface area contributed by atoms with Crippen LogP contribution in [0.5, 0.6) is 5.75 Å². The zero-order chi connectivity index (χ0) is 23.0. The quantitative estimate of drug-likeness (QED) is 0.256. The minimum absolute atomic E-state index is 0.268. The van der Waals surface area contributed by atoms with Crippen molar-refractivity contribution in [2.75, 3.05) is 0 Å². The summed E-state index contributed by atoms with van der Waals surface area (Å²) >= 11 is 0. The highest BCUT2D eigenvalue weighted by molar-refractivity contribution is 5.76. The molecule has 0 amide bonds. The molecule has 0 radical (unpaired) electrons. The zero-order valence-corrected chi connectivity index (χ0v) is 19.0. The number of aldehydes is 1. The number of carbonyl (C=O) groups excluding carboxylic acids is 1. The van der Waals surface area contributed by atoms with Crippen LogP contribution in [0.3, 0.4) is 0 Å². The summed E-state index contributed by atoms with van der Waals surface area (Å²) in [5, 5.41) is 0. The predicted molar refractivity (Wildman–Crippen MR) is 129 cm³/mol. The number of aryl methyl sites for hydroxylation is 2. The first kappa shape index (κ1) is 22.7. The molecule has 170 valence electrons. The largest absolute Gasteiger partial charge is 0.489 e. The molecule has 0 aliphatic heterocycles. The monoisotopic (exact) mass is 444 g/mol. The number of para-hydroxylation sites is 1. The lowest BCUT2D eigenvalue weighted by Crippen LogP contribution is -2.07. The van der Waals surface area contributed by atoms with Crippen LogP contribution in [0.2, 0.25) is 0 Å². The Kier molecular flexibility index (Phi) is 7.51. The second kappa shape index (κ2) is 10.9. The molecule has 0 aliphatic rings. The van der Waals surface area contributed by atoms with E-state index in [0.717, 1.165) is 65.8 Å². The van der Waals surface area contributed by atoms with Crippen molar-refractivity contribution >= 4 is 17.3 Å². The maximum atomic E-state index is 13.8. The Morgan fingerprint density at radius 1 is 1.00 bits per heavy atom. The van der Waals surface area contributed by atoms with Gasteiger partial charge in [0.1, 0.15) is 30.3 Å². The van der Waals surface area contributed by atoms with Gasteiger partial charge in [0.25, 0.3) is 0 Å². The molecule has 0 spiro atoms. The van der Waals surface area contributed by atoms with Gasteiger partial charge in [-0.2, -0.15) is 0 Å². The highest BCUT2D eigenvalue weighted by Crippen LogP contribution is 2.25. The molecule has 0 atom stereocenters. The molecule has 0 saturated heterocycles. The van der Waals surface area contributed by atoms with Crippen LogP contribution in [0.1, 0.15) is 48.7 Å². The molecule has 4 nitrogen and oxygen atoms in total. The molecule has 0 saturated carbocycles. The van der Waals surface area contributed by atoms with Crippen LogP contribution in [0.25, 0.3) is 11.0 Å². The van der Waals surface area contributed by atoms with E-state index in [0.29, 0.717) is 25.1 Å². The summed E-state index contributed by atoms with van der Waals surface area (Å²) in [7, 11) is 0. The molecule has 1 heterocycles. The lowest BCUT2D eigenvalue weighted by Gasteiger charge is -2.14. The average molecular weight is 445 g/mol. The fourth-order valence-corrected chi connectivity index (χ4v) is 3.99. The number of carbonyl (C=O) groups is 1. The Bertz CT molecular complexity index is 1210. The van der Waals surface area contributed by atoms with Crippen LogP contribution in [0.15, 0.2) is 66.7 Å². The van der Waals surface area contributed by atoms with Gasteiger partial charge in [-0.25, -0.2) is 9.37 Å². The van der Waals surface area contributed by atoms with E-state index in [2.05, 4.69) is 17.6 Å². The molecule has 1 aromatic heterocycles. The van der Waals surface area contributed by atoms with Gasteiger partial charge in [-0.05, 0) is 42.2 Å². The average Bonchev–Trinajstić information content (AvgIpc) is 3.17. The minimum Gasteiger partial charge on any atom is -0.489 e. The lowest BCUT2D eigenvalue weighted by atomic mass is 10.1. The summed E-state index contributed by atoms with van der Waals surface area (Å²) in [5.74, 6) is 1.53. The van der Waals surface area contributed by atoms with Crippen LogP contribution < -0.4 is 4.74 Å². The van der Waals surface area contributed by atoms with Gasteiger partial charge < -0.3 is 14.1 Å². The summed E-state index contributed by atoms with van der Waals surface area (Å²) in [4.78, 5) is 15.3. The van der Waals surface area contributed by atoms with Crippen LogP contribution in [0.4, 0.5) is 4.39 Å². The molecule has 0 bridgehead atoms. The van der Waals surface area contributed by atoms with Crippen LogP contribution in [0, 0.1) is 5.82 Å². The minimum atomic E-state index is -0.268. The van der Waals surface area contributed by atoms with Gasteiger partial charge in [0.2, 0.25) is 0 Å². The first-order chi connectivity index (χ1) is 16.2. The van der Waals surface area contributed by atoms with Crippen molar-refractivity contribution in [2.45, 2.75) is 52.2 Å². The van der Waals surface area contributed by atoms with Gasteiger partial charge in [-0.15, -0.1) is 0 Å². The highest BCUT2D eigenvalue weighted by atomic mass is 19.1. The number of benzene rings is 3. The standard InChI is InChI=1S/C28H29FN2O2/c1-2-3-10-28-30-25-18-24(29)15-16-26(25)31(28)19-23-8-4-5-9-27(23)33-20-22-13-11-21(12-14-22)7-6-17-32/h4-5,8-9,11-18H,2-3,6-7,10,19-20H2,1H3. The van der Waals surface area contributed by atoms with Gasteiger partial charge in [0.05, 0.1) is 17.6 Å². The van der Waals surface area contributed by atoms with Gasteiger partial charge >= 0.3 is 0 Å². The second-order valence-electron chi connectivity index (χ2n) is 8.27. The van der Waals surface area contributed by atoms with E-state index in [4.69, 9.17) is 9.72 Å². The van der Waals surface area contributed by atoms with Crippen molar-refractivity contribution in [1.29, 1.82) is 0 Å². The molecule has 4 rings (SSSR count). The van der Waals surface area contributed by atoms with E-state index in [-0.39, 0.29) is 5.82 Å². The maximum Gasteiger partial charge on any atom is 0.125 e. The first-order valence-electron chi connectivity index (χ1n) is 11.5. The van der Waals surface area contributed by atoms with Crippen molar-refractivity contribution in [3.05, 3.63) is 95.1 Å². The molecule has 5 heteroatoms. The van der Waals surface area contributed by atoms with E-state index in [9.17, 15) is 9.18 Å². The number of fused-ring (bicyclic) bond motifs is 1. The third kappa shape index (κ3) is 5.67. The number of aromatic nitrogens is 2. The van der Waals surface area contributed by atoms with Gasteiger partial charge in [-0.3, -0.25) is 0 Å². The van der Waals surface area contributed by atoms with Crippen LogP contribution >= 0.6 is 0 Å². The highest BCUT2D eigenvalue weighted by Gasteiger charge is 2.14. The molecule has 33 heavy (non-hydrogen) atoms. The maximum absolute atomic E-state index is 13.8. The third-order valence-corrected chi connectivity index (χ3v) is 5.81. The number of unbranched alkanes of at least 4 members (excludes halogenated alkanes) is 1. The summed E-state index contributed by atoms with van der Waals surface area (Å²) in [6.07, 6.45) is 5.21. The van der Waals surface area contributed by atoms with Crippen LogP contribution in [-0.4, -0.2) is 15.8 Å². The van der Waals surface area contributed by atoms with Gasteiger partial charge in [-0.1, -0.05) is 55.8 Å². The Balaban J connectivity index is 1.54. The molecular weight excluding hydrogens is 415 g/mol. The fraction of sp³-hybridized carbons (Fsp3) is 0.286.